The fourth-order valence-electron chi connectivity index (χ4n) is 1.89. The van der Waals surface area contributed by atoms with E-state index in [0.29, 0.717) is 6.54 Å². The number of nitrogens with one attached hydrogen (secondary N) is 2. The first-order chi connectivity index (χ1) is 9.56. The van der Waals surface area contributed by atoms with Crippen LogP contribution < -0.4 is 10.6 Å². The Hall–Kier alpha value is -1.81. The number of benzene rings is 1. The van der Waals surface area contributed by atoms with Gasteiger partial charge >= 0.3 is 0 Å². The monoisotopic (exact) mass is 288 g/mol. The Bertz CT molecular complexity index is 578. The van der Waals surface area contributed by atoms with Crippen LogP contribution in [0.5, 0.6) is 0 Å². The van der Waals surface area contributed by atoms with Crippen LogP contribution in [0.15, 0.2) is 35.7 Å². The predicted molar refractivity (Wildman–Crippen MR) is 85.2 cm³/mol. The lowest BCUT2D eigenvalue weighted by Gasteiger charge is -2.16. The van der Waals surface area contributed by atoms with Gasteiger partial charge in [0.25, 0.3) is 0 Å². The van der Waals surface area contributed by atoms with Crippen LogP contribution in [0.25, 0.3) is 0 Å². The zero-order valence-corrected chi connectivity index (χ0v) is 12.9. The molecular weight excluding hydrogens is 268 g/mol. The van der Waals surface area contributed by atoms with E-state index in [-0.39, 0.29) is 11.9 Å². The van der Waals surface area contributed by atoms with Crippen LogP contribution in [0.2, 0.25) is 0 Å². The zero-order valence-electron chi connectivity index (χ0n) is 12.1. The molecule has 0 saturated carbocycles. The summed E-state index contributed by atoms with van der Waals surface area (Å²) in [6.45, 7) is 6.62. The number of anilines is 1. The number of aryl methyl sites for hydroxylation is 2. The highest BCUT2D eigenvalue weighted by Gasteiger charge is 2.12. The molecule has 0 spiro atoms. The van der Waals surface area contributed by atoms with Crippen molar-refractivity contribution in [3.05, 3.63) is 51.7 Å². The van der Waals surface area contributed by atoms with E-state index < -0.39 is 0 Å². The van der Waals surface area contributed by atoms with Crippen molar-refractivity contribution < 1.29 is 4.79 Å². The number of hydrogen-bond acceptors (Lipinski definition) is 3. The number of rotatable bonds is 5. The Morgan fingerprint density at radius 3 is 2.70 bits per heavy atom. The summed E-state index contributed by atoms with van der Waals surface area (Å²) >= 11 is 1.65. The van der Waals surface area contributed by atoms with Crippen LogP contribution in [-0.2, 0) is 11.3 Å². The number of amides is 1. The standard InChI is InChI=1S/C16H20N2OS/c1-11-6-7-14(9-12(11)2)18-13(3)16(19)17-10-15-5-4-8-20-15/h4-9,13,18H,10H2,1-3H3,(H,17,19)/t13-/m0/s1. The minimum absolute atomic E-state index is 0.0108. The second-order valence-corrected chi connectivity index (χ2v) is 5.99. The van der Waals surface area contributed by atoms with Gasteiger partial charge in [0, 0.05) is 10.6 Å². The van der Waals surface area contributed by atoms with E-state index in [1.165, 1.54) is 11.1 Å². The van der Waals surface area contributed by atoms with Crippen molar-refractivity contribution in [1.29, 1.82) is 0 Å². The third-order valence-electron chi connectivity index (χ3n) is 3.30. The molecular formula is C16H20N2OS. The van der Waals surface area contributed by atoms with Crippen LogP contribution in [0.3, 0.4) is 0 Å². The molecule has 0 unspecified atom stereocenters. The molecule has 0 bridgehead atoms. The smallest absolute Gasteiger partial charge is 0.242 e. The molecule has 1 aromatic heterocycles. The summed E-state index contributed by atoms with van der Waals surface area (Å²) in [6.07, 6.45) is 0. The first-order valence-corrected chi connectivity index (χ1v) is 7.58. The molecule has 1 amide bonds. The summed E-state index contributed by atoms with van der Waals surface area (Å²) in [7, 11) is 0. The van der Waals surface area contributed by atoms with E-state index >= 15 is 0 Å². The lowest BCUT2D eigenvalue weighted by atomic mass is 10.1. The van der Waals surface area contributed by atoms with Crippen LogP contribution in [0, 0.1) is 13.8 Å². The minimum atomic E-state index is -0.253. The summed E-state index contributed by atoms with van der Waals surface area (Å²) < 4.78 is 0. The van der Waals surface area contributed by atoms with Gasteiger partial charge in [-0.25, -0.2) is 0 Å². The van der Waals surface area contributed by atoms with Gasteiger partial charge in [-0.1, -0.05) is 12.1 Å². The second-order valence-electron chi connectivity index (χ2n) is 4.96. The van der Waals surface area contributed by atoms with E-state index in [1.54, 1.807) is 11.3 Å². The number of carbonyl (C=O) groups excluding carboxylic acids is 1. The summed E-state index contributed by atoms with van der Waals surface area (Å²) in [5, 5.41) is 8.18. The van der Waals surface area contributed by atoms with Crippen molar-refractivity contribution in [2.45, 2.75) is 33.4 Å². The van der Waals surface area contributed by atoms with Gasteiger partial charge in [-0.3, -0.25) is 4.79 Å². The zero-order chi connectivity index (χ0) is 14.5. The fourth-order valence-corrected chi connectivity index (χ4v) is 2.53. The highest BCUT2D eigenvalue weighted by atomic mass is 32.1. The molecule has 2 rings (SSSR count). The molecule has 1 heterocycles. The number of hydrogen-bond donors (Lipinski definition) is 2. The molecule has 0 aliphatic heterocycles. The average molecular weight is 288 g/mol. The van der Waals surface area contributed by atoms with Gasteiger partial charge in [0.1, 0.15) is 6.04 Å². The molecule has 106 valence electrons. The van der Waals surface area contributed by atoms with Crippen molar-refractivity contribution in [3.63, 3.8) is 0 Å². The first kappa shape index (κ1) is 14.6. The lowest BCUT2D eigenvalue weighted by molar-refractivity contribution is -0.121. The lowest BCUT2D eigenvalue weighted by Crippen LogP contribution is -2.37. The van der Waals surface area contributed by atoms with E-state index in [4.69, 9.17) is 0 Å². The van der Waals surface area contributed by atoms with E-state index in [1.807, 2.05) is 30.5 Å². The largest absolute Gasteiger partial charge is 0.374 e. The minimum Gasteiger partial charge on any atom is -0.374 e. The third kappa shape index (κ3) is 3.84. The van der Waals surface area contributed by atoms with Crippen molar-refractivity contribution in [2.75, 3.05) is 5.32 Å². The van der Waals surface area contributed by atoms with Gasteiger partial charge in [0.2, 0.25) is 5.91 Å². The number of carbonyl (C=O) groups is 1. The molecule has 4 heteroatoms. The summed E-state index contributed by atoms with van der Waals surface area (Å²) in [5.41, 5.74) is 3.46. The maximum absolute atomic E-state index is 12.0. The van der Waals surface area contributed by atoms with Crippen molar-refractivity contribution in [3.8, 4) is 0 Å². The second kappa shape index (κ2) is 6.57. The van der Waals surface area contributed by atoms with E-state index in [2.05, 4.69) is 36.6 Å². The molecule has 0 aliphatic carbocycles. The van der Waals surface area contributed by atoms with Gasteiger partial charge in [0.15, 0.2) is 0 Å². The van der Waals surface area contributed by atoms with Gasteiger partial charge in [-0.15, -0.1) is 11.3 Å². The van der Waals surface area contributed by atoms with Crippen molar-refractivity contribution >= 4 is 22.9 Å². The van der Waals surface area contributed by atoms with Crippen LogP contribution >= 0.6 is 11.3 Å². The molecule has 0 aliphatic rings. The van der Waals surface area contributed by atoms with Gasteiger partial charge in [-0.05, 0) is 55.5 Å². The Kier molecular flexibility index (Phi) is 4.79. The maximum Gasteiger partial charge on any atom is 0.242 e. The topological polar surface area (TPSA) is 41.1 Å². The van der Waals surface area contributed by atoms with E-state index in [9.17, 15) is 4.79 Å². The molecule has 1 atom stereocenters. The maximum atomic E-state index is 12.0. The van der Waals surface area contributed by atoms with Gasteiger partial charge in [0.05, 0.1) is 6.54 Å². The van der Waals surface area contributed by atoms with Crippen molar-refractivity contribution in [1.82, 2.24) is 5.32 Å². The van der Waals surface area contributed by atoms with Gasteiger partial charge in [-0.2, -0.15) is 0 Å². The Balaban J connectivity index is 1.88. The fraction of sp³-hybridized carbons (Fsp3) is 0.312. The molecule has 2 N–H and O–H groups in total. The molecule has 0 radical (unpaired) electrons. The van der Waals surface area contributed by atoms with Gasteiger partial charge < -0.3 is 10.6 Å². The normalized spacial score (nSPS) is 11.9. The highest BCUT2D eigenvalue weighted by Crippen LogP contribution is 2.15. The molecule has 0 fully saturated rings. The van der Waals surface area contributed by atoms with Crippen LogP contribution in [-0.4, -0.2) is 11.9 Å². The first-order valence-electron chi connectivity index (χ1n) is 6.70. The Labute approximate surface area is 124 Å². The number of thiophene rings is 1. The summed E-state index contributed by atoms with van der Waals surface area (Å²) in [5.74, 6) is 0.0108. The molecule has 1 aromatic carbocycles. The highest BCUT2D eigenvalue weighted by molar-refractivity contribution is 7.09. The molecule has 20 heavy (non-hydrogen) atoms. The van der Waals surface area contributed by atoms with Crippen LogP contribution in [0.1, 0.15) is 22.9 Å². The van der Waals surface area contributed by atoms with Crippen LogP contribution in [0.4, 0.5) is 5.69 Å². The average Bonchev–Trinajstić information content (AvgIpc) is 2.93. The Morgan fingerprint density at radius 2 is 2.05 bits per heavy atom. The molecule has 2 aromatic rings. The molecule has 3 nitrogen and oxygen atoms in total. The SMILES string of the molecule is Cc1ccc(N[C@@H](C)C(=O)NCc2cccs2)cc1C. The summed E-state index contributed by atoms with van der Waals surface area (Å²) in [4.78, 5) is 13.2. The summed E-state index contributed by atoms with van der Waals surface area (Å²) in [6, 6.07) is 9.89. The third-order valence-corrected chi connectivity index (χ3v) is 4.18. The van der Waals surface area contributed by atoms with E-state index in [0.717, 1.165) is 10.6 Å². The van der Waals surface area contributed by atoms with Crippen molar-refractivity contribution in [2.24, 2.45) is 0 Å². The quantitative estimate of drug-likeness (QED) is 0.884. The molecule has 0 saturated heterocycles. The predicted octanol–water partition coefficient (Wildman–Crippen LogP) is 3.48. The Morgan fingerprint density at radius 1 is 1.25 bits per heavy atom.